The molecule has 0 saturated heterocycles. The highest BCUT2D eigenvalue weighted by Gasteiger charge is 2.18. The summed E-state index contributed by atoms with van der Waals surface area (Å²) >= 11 is 3.47. The number of rotatable bonds is 3. The van der Waals surface area contributed by atoms with Crippen LogP contribution in [0.15, 0.2) is 28.7 Å². The van der Waals surface area contributed by atoms with Crippen LogP contribution in [0.25, 0.3) is 0 Å². The molecule has 0 saturated carbocycles. The number of hydrogen-bond donors (Lipinski definition) is 0. The quantitative estimate of drug-likeness (QED) is 0.612. The highest BCUT2D eigenvalue weighted by molar-refractivity contribution is 9.10. The second-order valence-corrected chi connectivity index (χ2v) is 5.30. The second kappa shape index (κ2) is 5.58. The molecule has 0 aliphatic heterocycles. The molecule has 2 rings (SSSR count). The third-order valence-corrected chi connectivity index (χ3v) is 4.05. The first kappa shape index (κ1) is 14.5. The number of hydrogen-bond acceptors (Lipinski definition) is 4. The number of ether oxygens (including phenoxy) is 1. The van der Waals surface area contributed by atoms with Gasteiger partial charge in [-0.25, -0.2) is 4.98 Å². The van der Waals surface area contributed by atoms with Crippen molar-refractivity contribution < 1.29 is 9.66 Å². The number of aryl methyl sites for hydroxylation is 3. The van der Waals surface area contributed by atoms with Gasteiger partial charge in [-0.2, -0.15) is 0 Å². The first-order valence-corrected chi connectivity index (χ1v) is 6.74. The minimum absolute atomic E-state index is 0.0103. The van der Waals surface area contributed by atoms with E-state index in [1.807, 2.05) is 26.0 Å². The smallest absolute Gasteiger partial charge is 0.331 e. The van der Waals surface area contributed by atoms with Crippen LogP contribution >= 0.6 is 15.9 Å². The van der Waals surface area contributed by atoms with Gasteiger partial charge in [0.25, 0.3) is 5.88 Å². The van der Waals surface area contributed by atoms with Gasteiger partial charge < -0.3 is 4.74 Å². The number of benzene rings is 1. The molecule has 1 aromatic carbocycles. The molecule has 0 N–H and O–H groups in total. The van der Waals surface area contributed by atoms with Crippen molar-refractivity contribution in [1.82, 2.24) is 4.98 Å². The Labute approximate surface area is 124 Å². The van der Waals surface area contributed by atoms with Crippen LogP contribution in [0, 0.1) is 30.9 Å². The lowest BCUT2D eigenvalue weighted by molar-refractivity contribution is -0.386. The lowest BCUT2D eigenvalue weighted by Crippen LogP contribution is -1.98. The van der Waals surface area contributed by atoms with E-state index < -0.39 is 4.92 Å². The Morgan fingerprint density at radius 3 is 2.35 bits per heavy atom. The summed E-state index contributed by atoms with van der Waals surface area (Å²) in [6.45, 7) is 5.62. The molecule has 1 heterocycles. The Morgan fingerprint density at radius 2 is 1.80 bits per heavy atom. The third kappa shape index (κ3) is 2.96. The maximum Gasteiger partial charge on any atom is 0.331 e. The van der Waals surface area contributed by atoms with E-state index >= 15 is 0 Å². The van der Waals surface area contributed by atoms with Gasteiger partial charge in [-0.15, -0.1) is 0 Å². The molecule has 2 aromatic rings. The van der Waals surface area contributed by atoms with Crippen molar-refractivity contribution in [3.8, 4) is 11.6 Å². The van der Waals surface area contributed by atoms with E-state index in [-0.39, 0.29) is 11.6 Å². The average Bonchev–Trinajstić information content (AvgIpc) is 2.35. The molecule has 5 nitrogen and oxygen atoms in total. The molecule has 104 valence electrons. The molecule has 1 aromatic heterocycles. The lowest BCUT2D eigenvalue weighted by Gasteiger charge is -2.09. The summed E-state index contributed by atoms with van der Waals surface area (Å²) in [5.74, 6) is 0.542. The molecule has 0 unspecified atom stereocenters. The van der Waals surface area contributed by atoms with Gasteiger partial charge in [-0.1, -0.05) is 15.9 Å². The zero-order valence-electron chi connectivity index (χ0n) is 11.3. The van der Waals surface area contributed by atoms with Crippen LogP contribution < -0.4 is 4.74 Å². The molecule has 6 heteroatoms. The van der Waals surface area contributed by atoms with Gasteiger partial charge in [-0.3, -0.25) is 10.1 Å². The Morgan fingerprint density at radius 1 is 1.20 bits per heavy atom. The standard InChI is InChI=1S/C14H13BrN2O3/c1-8-6-11(7-9(2)13(8)15)20-14-12(17(18)19)5-4-10(3)16-14/h4-7H,1-3H3. The summed E-state index contributed by atoms with van der Waals surface area (Å²) in [7, 11) is 0. The second-order valence-electron chi connectivity index (χ2n) is 4.51. The Bertz CT molecular complexity index is 663. The summed E-state index contributed by atoms with van der Waals surface area (Å²) in [5.41, 5.74) is 2.51. The van der Waals surface area contributed by atoms with Crippen LogP contribution in [0.4, 0.5) is 5.69 Å². The summed E-state index contributed by atoms with van der Waals surface area (Å²) in [5, 5.41) is 11.0. The average molecular weight is 337 g/mol. The fourth-order valence-electron chi connectivity index (χ4n) is 1.82. The van der Waals surface area contributed by atoms with Crippen LogP contribution in [0.1, 0.15) is 16.8 Å². The first-order valence-electron chi connectivity index (χ1n) is 5.95. The summed E-state index contributed by atoms with van der Waals surface area (Å²) in [6.07, 6.45) is 0. The number of halogens is 1. The molecule has 0 spiro atoms. The van der Waals surface area contributed by atoms with Crippen molar-refractivity contribution >= 4 is 21.6 Å². The van der Waals surface area contributed by atoms with Crippen LogP contribution in [-0.2, 0) is 0 Å². The van der Waals surface area contributed by atoms with E-state index in [9.17, 15) is 10.1 Å². The van der Waals surface area contributed by atoms with Crippen LogP contribution in [-0.4, -0.2) is 9.91 Å². The fraction of sp³-hybridized carbons (Fsp3) is 0.214. The zero-order chi connectivity index (χ0) is 14.9. The van der Waals surface area contributed by atoms with E-state index in [1.54, 1.807) is 13.0 Å². The summed E-state index contributed by atoms with van der Waals surface area (Å²) in [4.78, 5) is 14.6. The predicted molar refractivity (Wildman–Crippen MR) is 79.3 cm³/mol. The maximum absolute atomic E-state index is 11.0. The molecule has 0 bridgehead atoms. The highest BCUT2D eigenvalue weighted by Crippen LogP contribution is 2.32. The van der Waals surface area contributed by atoms with Gasteiger partial charge in [0.2, 0.25) is 0 Å². The van der Waals surface area contributed by atoms with E-state index in [4.69, 9.17) is 4.74 Å². The molecule has 0 amide bonds. The highest BCUT2D eigenvalue weighted by atomic mass is 79.9. The molecular formula is C14H13BrN2O3. The first-order chi connectivity index (χ1) is 9.38. The molecule has 0 fully saturated rings. The Hall–Kier alpha value is -1.95. The van der Waals surface area contributed by atoms with E-state index in [0.717, 1.165) is 15.6 Å². The fourth-order valence-corrected chi connectivity index (χ4v) is 2.05. The lowest BCUT2D eigenvalue weighted by atomic mass is 10.1. The number of nitro groups is 1. The molecule has 0 atom stereocenters. The Kier molecular flexibility index (Phi) is 4.04. The molecular weight excluding hydrogens is 324 g/mol. The van der Waals surface area contributed by atoms with Crippen molar-refractivity contribution in [3.63, 3.8) is 0 Å². The molecule has 20 heavy (non-hydrogen) atoms. The van der Waals surface area contributed by atoms with Crippen molar-refractivity contribution in [2.24, 2.45) is 0 Å². The van der Waals surface area contributed by atoms with Crippen LogP contribution in [0.2, 0.25) is 0 Å². The zero-order valence-corrected chi connectivity index (χ0v) is 12.9. The van der Waals surface area contributed by atoms with Gasteiger partial charge in [0, 0.05) is 16.2 Å². The minimum Gasteiger partial charge on any atom is -0.434 e. The normalized spacial score (nSPS) is 10.4. The third-order valence-electron chi connectivity index (χ3n) is 2.80. The predicted octanol–water partition coefficient (Wildman–Crippen LogP) is 4.47. The van der Waals surface area contributed by atoms with E-state index in [1.165, 1.54) is 6.07 Å². The van der Waals surface area contributed by atoms with Gasteiger partial charge in [0.15, 0.2) is 0 Å². The van der Waals surface area contributed by atoms with Crippen molar-refractivity contribution in [2.45, 2.75) is 20.8 Å². The van der Waals surface area contributed by atoms with Crippen molar-refractivity contribution in [1.29, 1.82) is 0 Å². The van der Waals surface area contributed by atoms with Gasteiger partial charge >= 0.3 is 5.69 Å². The number of pyridine rings is 1. The maximum atomic E-state index is 11.0. The van der Waals surface area contributed by atoms with Crippen LogP contribution in [0.5, 0.6) is 11.6 Å². The largest absolute Gasteiger partial charge is 0.434 e. The SMILES string of the molecule is Cc1ccc([N+](=O)[O-])c(Oc2cc(C)c(Br)c(C)c2)n1. The van der Waals surface area contributed by atoms with Crippen molar-refractivity contribution in [2.75, 3.05) is 0 Å². The van der Waals surface area contributed by atoms with Gasteiger partial charge in [-0.05, 0) is 50.1 Å². The van der Waals surface area contributed by atoms with Gasteiger partial charge in [0.1, 0.15) is 5.75 Å². The minimum atomic E-state index is -0.500. The summed E-state index contributed by atoms with van der Waals surface area (Å²) < 4.78 is 6.59. The van der Waals surface area contributed by atoms with E-state index in [2.05, 4.69) is 20.9 Å². The topological polar surface area (TPSA) is 65.3 Å². The van der Waals surface area contributed by atoms with Crippen molar-refractivity contribution in [3.05, 3.63) is 55.7 Å². The Balaban J connectivity index is 2.44. The number of aromatic nitrogens is 1. The monoisotopic (exact) mass is 336 g/mol. The van der Waals surface area contributed by atoms with Gasteiger partial charge in [0.05, 0.1) is 4.92 Å². The number of nitrogens with zero attached hydrogens (tertiary/aromatic N) is 2. The van der Waals surface area contributed by atoms with Crippen LogP contribution in [0.3, 0.4) is 0 Å². The van der Waals surface area contributed by atoms with E-state index in [0.29, 0.717) is 11.4 Å². The summed E-state index contributed by atoms with van der Waals surface area (Å²) in [6, 6.07) is 6.61. The molecule has 0 aliphatic carbocycles. The molecule has 0 radical (unpaired) electrons. The molecule has 0 aliphatic rings.